The molecule has 0 bridgehead atoms. The van der Waals surface area contributed by atoms with E-state index in [1.54, 1.807) is 12.5 Å². The van der Waals surface area contributed by atoms with E-state index in [-0.39, 0.29) is 0 Å². The zero-order valence-electron chi connectivity index (χ0n) is 13.6. The van der Waals surface area contributed by atoms with E-state index in [1.165, 1.54) is 11.1 Å². The van der Waals surface area contributed by atoms with Gasteiger partial charge in [0.25, 0.3) is 0 Å². The van der Waals surface area contributed by atoms with Crippen molar-refractivity contribution in [2.75, 3.05) is 5.32 Å². The Morgan fingerprint density at radius 1 is 0.917 bits per heavy atom. The molecule has 0 aliphatic rings. The van der Waals surface area contributed by atoms with Gasteiger partial charge < -0.3 is 5.32 Å². The second-order valence-electron chi connectivity index (χ2n) is 5.85. The molecule has 24 heavy (non-hydrogen) atoms. The number of aromatic nitrogens is 4. The molecule has 5 nitrogen and oxygen atoms in total. The maximum atomic E-state index is 4.64. The molecular formula is C19H17N5. The third kappa shape index (κ3) is 2.72. The van der Waals surface area contributed by atoms with Gasteiger partial charge in [-0.1, -0.05) is 24.3 Å². The molecule has 2 aromatic heterocycles. The van der Waals surface area contributed by atoms with E-state index >= 15 is 0 Å². The third-order valence-electron chi connectivity index (χ3n) is 3.84. The van der Waals surface area contributed by atoms with E-state index in [4.69, 9.17) is 0 Å². The Bertz CT molecular complexity index is 1020. The van der Waals surface area contributed by atoms with Crippen molar-refractivity contribution < 1.29 is 0 Å². The van der Waals surface area contributed by atoms with Gasteiger partial charge in [0.05, 0.1) is 6.20 Å². The zero-order chi connectivity index (χ0) is 16.5. The molecule has 0 spiro atoms. The van der Waals surface area contributed by atoms with E-state index in [1.807, 2.05) is 28.8 Å². The maximum absolute atomic E-state index is 4.64. The molecule has 0 fully saturated rings. The summed E-state index contributed by atoms with van der Waals surface area (Å²) in [5, 5.41) is 3.25. The molecule has 0 saturated carbocycles. The first-order valence-corrected chi connectivity index (χ1v) is 7.80. The minimum Gasteiger partial charge on any atom is -0.324 e. The van der Waals surface area contributed by atoms with Gasteiger partial charge in [0.2, 0.25) is 5.95 Å². The van der Waals surface area contributed by atoms with Crippen molar-refractivity contribution in [1.82, 2.24) is 19.5 Å². The lowest BCUT2D eigenvalue weighted by Crippen LogP contribution is -2.00. The lowest BCUT2D eigenvalue weighted by molar-refractivity contribution is 1.06. The molecule has 0 amide bonds. The first-order chi connectivity index (χ1) is 11.7. The molecular weight excluding hydrogens is 298 g/mol. The number of imidazole rings is 1. The lowest BCUT2D eigenvalue weighted by Gasteiger charge is -2.07. The normalized spacial score (nSPS) is 10.9. The number of nitrogens with one attached hydrogen (secondary N) is 1. The first kappa shape index (κ1) is 14.4. The van der Waals surface area contributed by atoms with Crippen molar-refractivity contribution in [2.45, 2.75) is 13.8 Å². The smallest absolute Gasteiger partial charge is 0.229 e. The zero-order valence-corrected chi connectivity index (χ0v) is 13.6. The van der Waals surface area contributed by atoms with Crippen molar-refractivity contribution in [1.29, 1.82) is 0 Å². The van der Waals surface area contributed by atoms with E-state index in [0.717, 1.165) is 22.5 Å². The van der Waals surface area contributed by atoms with Gasteiger partial charge in [0.1, 0.15) is 11.8 Å². The summed E-state index contributed by atoms with van der Waals surface area (Å²) in [5.41, 5.74) is 5.94. The molecule has 0 saturated heterocycles. The summed E-state index contributed by atoms with van der Waals surface area (Å²) in [7, 11) is 0. The Morgan fingerprint density at radius 3 is 2.50 bits per heavy atom. The fourth-order valence-electron chi connectivity index (χ4n) is 2.69. The SMILES string of the molecule is Cc1cccc(Nc2ncc3ncn(-c4cccc(C)c4)c3n2)c1. The highest BCUT2D eigenvalue weighted by Gasteiger charge is 2.09. The summed E-state index contributed by atoms with van der Waals surface area (Å²) in [6, 6.07) is 16.4. The number of nitrogens with zero attached hydrogens (tertiary/aromatic N) is 4. The Morgan fingerprint density at radius 2 is 1.71 bits per heavy atom. The average molecular weight is 315 g/mol. The highest BCUT2D eigenvalue weighted by Crippen LogP contribution is 2.20. The van der Waals surface area contributed by atoms with Crippen LogP contribution in [0.5, 0.6) is 0 Å². The molecule has 2 heterocycles. The Balaban J connectivity index is 1.76. The molecule has 1 N–H and O–H groups in total. The molecule has 118 valence electrons. The van der Waals surface area contributed by atoms with Gasteiger partial charge in [0, 0.05) is 11.4 Å². The Hall–Kier alpha value is -3.21. The molecule has 0 atom stereocenters. The lowest BCUT2D eigenvalue weighted by atomic mass is 10.2. The monoisotopic (exact) mass is 315 g/mol. The van der Waals surface area contributed by atoms with Crippen molar-refractivity contribution in [2.24, 2.45) is 0 Å². The van der Waals surface area contributed by atoms with Gasteiger partial charge in [0.15, 0.2) is 5.65 Å². The van der Waals surface area contributed by atoms with Crippen LogP contribution in [0.1, 0.15) is 11.1 Å². The van der Waals surface area contributed by atoms with Crippen molar-refractivity contribution in [3.8, 4) is 5.69 Å². The van der Waals surface area contributed by atoms with E-state index in [2.05, 4.69) is 58.4 Å². The fourth-order valence-corrected chi connectivity index (χ4v) is 2.69. The Labute approximate surface area is 140 Å². The largest absolute Gasteiger partial charge is 0.324 e. The molecule has 5 heteroatoms. The van der Waals surface area contributed by atoms with Crippen LogP contribution in [-0.2, 0) is 0 Å². The number of fused-ring (bicyclic) bond motifs is 1. The molecule has 4 rings (SSSR count). The van der Waals surface area contributed by atoms with Crippen molar-refractivity contribution in [3.05, 3.63) is 72.2 Å². The predicted octanol–water partition coefficient (Wildman–Crippen LogP) is 4.18. The van der Waals surface area contributed by atoms with Gasteiger partial charge in [-0.2, -0.15) is 4.98 Å². The summed E-state index contributed by atoms with van der Waals surface area (Å²) in [6.45, 7) is 4.13. The number of aryl methyl sites for hydroxylation is 2. The highest BCUT2D eigenvalue weighted by atomic mass is 15.2. The molecule has 0 unspecified atom stereocenters. The highest BCUT2D eigenvalue weighted by molar-refractivity contribution is 5.74. The summed E-state index contributed by atoms with van der Waals surface area (Å²) in [5.74, 6) is 0.558. The number of hydrogen-bond donors (Lipinski definition) is 1. The van der Waals surface area contributed by atoms with Crippen molar-refractivity contribution in [3.63, 3.8) is 0 Å². The molecule has 2 aromatic carbocycles. The average Bonchev–Trinajstić information content (AvgIpc) is 2.98. The minimum atomic E-state index is 0.558. The van der Waals surface area contributed by atoms with Crippen LogP contribution in [0.15, 0.2) is 61.1 Å². The van der Waals surface area contributed by atoms with Crippen LogP contribution in [0.2, 0.25) is 0 Å². The van der Waals surface area contributed by atoms with Gasteiger partial charge in [-0.3, -0.25) is 4.57 Å². The number of rotatable bonds is 3. The second-order valence-corrected chi connectivity index (χ2v) is 5.85. The first-order valence-electron chi connectivity index (χ1n) is 7.80. The maximum Gasteiger partial charge on any atom is 0.229 e. The molecule has 0 aliphatic carbocycles. The standard InChI is InChI=1S/C19H17N5/c1-13-5-3-7-15(9-13)22-19-20-11-17-18(23-19)24(12-21-17)16-8-4-6-14(2)10-16/h3-12H,1-2H3,(H,20,22,23). The van der Waals surface area contributed by atoms with Crippen molar-refractivity contribution >= 4 is 22.8 Å². The van der Waals surface area contributed by atoms with E-state index < -0.39 is 0 Å². The van der Waals surface area contributed by atoms with Gasteiger partial charge in [-0.25, -0.2) is 9.97 Å². The Kier molecular flexibility index (Phi) is 3.46. The van der Waals surface area contributed by atoms with Crippen LogP contribution >= 0.6 is 0 Å². The predicted molar refractivity (Wildman–Crippen MR) is 95.9 cm³/mol. The van der Waals surface area contributed by atoms with E-state index in [9.17, 15) is 0 Å². The van der Waals surface area contributed by atoms with Gasteiger partial charge in [-0.15, -0.1) is 0 Å². The van der Waals surface area contributed by atoms with Gasteiger partial charge >= 0.3 is 0 Å². The molecule has 0 radical (unpaired) electrons. The minimum absolute atomic E-state index is 0.558. The summed E-state index contributed by atoms with van der Waals surface area (Å²) >= 11 is 0. The van der Waals surface area contributed by atoms with Crippen LogP contribution in [0, 0.1) is 13.8 Å². The fraction of sp³-hybridized carbons (Fsp3) is 0.105. The van der Waals surface area contributed by atoms with Crippen LogP contribution < -0.4 is 5.32 Å². The van der Waals surface area contributed by atoms with Crippen LogP contribution in [-0.4, -0.2) is 19.5 Å². The summed E-state index contributed by atoms with van der Waals surface area (Å²) in [6.07, 6.45) is 3.53. The van der Waals surface area contributed by atoms with Gasteiger partial charge in [-0.05, 0) is 49.2 Å². The van der Waals surface area contributed by atoms with Crippen LogP contribution in [0.3, 0.4) is 0 Å². The molecule has 0 aliphatic heterocycles. The second kappa shape index (κ2) is 5.77. The number of benzene rings is 2. The van der Waals surface area contributed by atoms with E-state index in [0.29, 0.717) is 5.95 Å². The third-order valence-corrected chi connectivity index (χ3v) is 3.84. The summed E-state index contributed by atoms with van der Waals surface area (Å²) < 4.78 is 1.98. The number of hydrogen-bond acceptors (Lipinski definition) is 4. The number of anilines is 2. The van der Waals surface area contributed by atoms with Crippen LogP contribution in [0.25, 0.3) is 16.9 Å². The summed E-state index contributed by atoms with van der Waals surface area (Å²) in [4.78, 5) is 13.4. The van der Waals surface area contributed by atoms with Crippen LogP contribution in [0.4, 0.5) is 11.6 Å². The molecule has 4 aromatic rings. The quantitative estimate of drug-likeness (QED) is 0.616. The topological polar surface area (TPSA) is 55.6 Å².